The van der Waals surface area contributed by atoms with Crippen LogP contribution in [0.3, 0.4) is 0 Å². The minimum absolute atomic E-state index is 0. The molecule has 0 amide bonds. The quantitative estimate of drug-likeness (QED) is 0.178. The minimum atomic E-state index is -0.115. The maximum atomic E-state index is 2.48. The van der Waals surface area contributed by atoms with E-state index < -0.39 is 0 Å². The average Bonchev–Trinajstić information content (AvgIpc) is 3.91. The van der Waals surface area contributed by atoms with Crippen molar-refractivity contribution >= 4 is 77.0 Å². The highest BCUT2D eigenvalue weighted by atomic mass is 15.1. The highest BCUT2D eigenvalue weighted by Crippen LogP contribution is 2.51. The Morgan fingerprint density at radius 3 is 1.78 bits per heavy atom. The number of para-hydroxylation sites is 4. The van der Waals surface area contributed by atoms with Crippen LogP contribution >= 0.6 is 0 Å². The Kier molecular flexibility index (Phi) is 6.53. The molecule has 3 heteroatoms. The molecule has 0 saturated carbocycles. The summed E-state index contributed by atoms with van der Waals surface area (Å²) in [5.74, 6) is 0. The van der Waals surface area contributed by atoms with E-state index in [4.69, 9.17) is 0 Å². The summed E-state index contributed by atoms with van der Waals surface area (Å²) in [5, 5.41) is 7.65. The van der Waals surface area contributed by atoms with Crippen molar-refractivity contribution in [2.45, 2.75) is 26.7 Å². The van der Waals surface area contributed by atoms with Crippen molar-refractivity contribution < 1.29 is 0 Å². The number of benzene rings is 8. The molecular formula is C52H39N3. The second-order valence-corrected chi connectivity index (χ2v) is 15.4. The second-order valence-electron chi connectivity index (χ2n) is 15.4. The summed E-state index contributed by atoms with van der Waals surface area (Å²) in [7, 11) is 0. The SMILES string of the molecule is C.CC1(C)c2ccccc2-c2ccc(N(c3ccc4c(c3)c3ccccc3n4-c3ccccc3)c3ccc4c5cccc6c7ccccc7n(c4c3)c65)cc21. The number of nitrogens with zero attached hydrogens (tertiary/aromatic N) is 3. The van der Waals surface area contributed by atoms with E-state index in [0.717, 1.165) is 22.7 Å². The summed E-state index contributed by atoms with van der Waals surface area (Å²) in [6, 6.07) is 65.2. The third-order valence-corrected chi connectivity index (χ3v) is 12.2. The van der Waals surface area contributed by atoms with Crippen LogP contribution < -0.4 is 4.90 Å². The van der Waals surface area contributed by atoms with Gasteiger partial charge in [0.15, 0.2) is 0 Å². The largest absolute Gasteiger partial charge is 0.310 e. The van der Waals surface area contributed by atoms with E-state index >= 15 is 0 Å². The van der Waals surface area contributed by atoms with Crippen molar-refractivity contribution in [3.8, 4) is 16.8 Å². The van der Waals surface area contributed by atoms with Gasteiger partial charge in [0.05, 0.1) is 27.6 Å². The zero-order valence-electron chi connectivity index (χ0n) is 30.1. The Hall–Kier alpha value is -6.84. The molecule has 3 nitrogen and oxygen atoms in total. The van der Waals surface area contributed by atoms with Gasteiger partial charge in [-0.05, 0) is 89.0 Å². The first kappa shape index (κ1) is 31.7. The van der Waals surface area contributed by atoms with Crippen molar-refractivity contribution in [2.75, 3.05) is 4.90 Å². The summed E-state index contributed by atoms with van der Waals surface area (Å²) in [5.41, 5.74) is 16.0. The lowest BCUT2D eigenvalue weighted by molar-refractivity contribution is 0.660. The first-order valence-electron chi connectivity index (χ1n) is 18.9. The van der Waals surface area contributed by atoms with Gasteiger partial charge in [-0.3, -0.25) is 0 Å². The van der Waals surface area contributed by atoms with Gasteiger partial charge in [-0.2, -0.15) is 0 Å². The third kappa shape index (κ3) is 4.21. The zero-order chi connectivity index (χ0) is 35.7. The van der Waals surface area contributed by atoms with Crippen LogP contribution in [0.5, 0.6) is 0 Å². The number of rotatable bonds is 4. The van der Waals surface area contributed by atoms with Crippen LogP contribution in [0.1, 0.15) is 32.4 Å². The molecule has 1 aliphatic rings. The fourth-order valence-corrected chi connectivity index (χ4v) is 9.79. The predicted octanol–water partition coefficient (Wildman–Crippen LogP) is 14.3. The Bertz CT molecular complexity index is 3310. The molecule has 0 saturated heterocycles. The molecule has 0 bridgehead atoms. The van der Waals surface area contributed by atoms with Gasteiger partial charge in [-0.25, -0.2) is 0 Å². The van der Waals surface area contributed by atoms with Gasteiger partial charge in [0.25, 0.3) is 0 Å². The van der Waals surface area contributed by atoms with Crippen molar-refractivity contribution in [3.63, 3.8) is 0 Å². The van der Waals surface area contributed by atoms with Crippen LogP contribution in [0, 0.1) is 0 Å². The summed E-state index contributed by atoms with van der Waals surface area (Å²) >= 11 is 0. The highest BCUT2D eigenvalue weighted by molar-refractivity contribution is 6.23. The molecule has 0 N–H and O–H groups in total. The molecule has 1 aliphatic carbocycles. The molecule has 12 rings (SSSR count). The standard InChI is InChI=1S/C51H35N3.CH4/c1-51(2)44-20-9-6-15-36(44)37-26-23-34(30-45(37)51)52(33-25-28-48-43(29-33)39-17-8-10-21-46(39)53(48)32-13-4-3-5-14-32)35-24-27-40-42-19-12-18-41-38-16-7-11-22-47(38)54(50(41)42)49(40)31-35;/h3-31H,1-2H3;1H4. The number of anilines is 3. The molecule has 11 aromatic rings. The summed E-state index contributed by atoms with van der Waals surface area (Å²) in [4.78, 5) is 2.47. The lowest BCUT2D eigenvalue weighted by Crippen LogP contribution is -2.16. The highest BCUT2D eigenvalue weighted by Gasteiger charge is 2.36. The number of fused-ring (bicyclic) bond motifs is 12. The predicted molar refractivity (Wildman–Crippen MR) is 234 cm³/mol. The second kappa shape index (κ2) is 11.3. The van der Waals surface area contributed by atoms with Gasteiger partial charge >= 0.3 is 0 Å². The van der Waals surface area contributed by atoms with Crippen LogP contribution in [0.25, 0.3) is 76.7 Å². The van der Waals surface area contributed by atoms with Gasteiger partial charge in [0.2, 0.25) is 0 Å². The first-order valence-corrected chi connectivity index (χ1v) is 18.9. The van der Waals surface area contributed by atoms with Crippen LogP contribution in [0.2, 0.25) is 0 Å². The van der Waals surface area contributed by atoms with Crippen LogP contribution in [-0.4, -0.2) is 8.97 Å². The summed E-state index contributed by atoms with van der Waals surface area (Å²) < 4.78 is 4.87. The number of aromatic nitrogens is 2. The topological polar surface area (TPSA) is 12.6 Å². The fourth-order valence-electron chi connectivity index (χ4n) is 9.79. The average molecular weight is 706 g/mol. The summed E-state index contributed by atoms with van der Waals surface area (Å²) in [6.45, 7) is 4.73. The normalized spacial score (nSPS) is 13.3. The Morgan fingerprint density at radius 2 is 0.964 bits per heavy atom. The van der Waals surface area contributed by atoms with Gasteiger partial charge in [0, 0.05) is 60.5 Å². The van der Waals surface area contributed by atoms with Gasteiger partial charge in [-0.15, -0.1) is 0 Å². The molecule has 0 spiro atoms. The van der Waals surface area contributed by atoms with Crippen molar-refractivity contribution in [2.24, 2.45) is 0 Å². The Morgan fingerprint density at radius 1 is 0.400 bits per heavy atom. The van der Waals surface area contributed by atoms with E-state index in [1.165, 1.54) is 82.2 Å². The molecule has 3 aromatic heterocycles. The van der Waals surface area contributed by atoms with Crippen molar-refractivity contribution in [1.29, 1.82) is 0 Å². The van der Waals surface area contributed by atoms with Crippen molar-refractivity contribution in [3.05, 3.63) is 187 Å². The monoisotopic (exact) mass is 705 g/mol. The molecule has 0 atom stereocenters. The minimum Gasteiger partial charge on any atom is -0.310 e. The number of hydrogen-bond acceptors (Lipinski definition) is 1. The summed E-state index contributed by atoms with van der Waals surface area (Å²) in [6.07, 6.45) is 0. The molecule has 0 aliphatic heterocycles. The third-order valence-electron chi connectivity index (χ3n) is 12.2. The molecule has 8 aromatic carbocycles. The van der Waals surface area contributed by atoms with Gasteiger partial charge < -0.3 is 13.9 Å². The Balaban J connectivity index is 0.00000352. The smallest absolute Gasteiger partial charge is 0.0620 e. The molecule has 0 radical (unpaired) electrons. The maximum absolute atomic E-state index is 2.48. The lowest BCUT2D eigenvalue weighted by atomic mass is 9.82. The van der Waals surface area contributed by atoms with E-state index in [-0.39, 0.29) is 12.8 Å². The van der Waals surface area contributed by atoms with Crippen molar-refractivity contribution in [1.82, 2.24) is 8.97 Å². The molecule has 3 heterocycles. The molecule has 262 valence electrons. The molecule has 55 heavy (non-hydrogen) atoms. The van der Waals surface area contributed by atoms with E-state index in [0.29, 0.717) is 0 Å². The molecular weight excluding hydrogens is 667 g/mol. The Labute approximate surface area is 320 Å². The van der Waals surface area contributed by atoms with Gasteiger partial charge in [-0.1, -0.05) is 130 Å². The first-order chi connectivity index (χ1) is 26.6. The lowest BCUT2D eigenvalue weighted by Gasteiger charge is -2.28. The van der Waals surface area contributed by atoms with E-state index in [1.54, 1.807) is 0 Å². The zero-order valence-corrected chi connectivity index (χ0v) is 30.1. The van der Waals surface area contributed by atoms with E-state index in [1.807, 2.05) is 0 Å². The number of hydrogen-bond donors (Lipinski definition) is 0. The van der Waals surface area contributed by atoms with Gasteiger partial charge in [0.1, 0.15) is 0 Å². The van der Waals surface area contributed by atoms with Crippen LogP contribution in [-0.2, 0) is 5.41 Å². The molecule has 0 fully saturated rings. The van der Waals surface area contributed by atoms with Crippen LogP contribution in [0.4, 0.5) is 17.1 Å². The van der Waals surface area contributed by atoms with E-state index in [2.05, 4.69) is 204 Å². The molecule has 0 unspecified atom stereocenters. The van der Waals surface area contributed by atoms with Crippen LogP contribution in [0.15, 0.2) is 176 Å². The fraction of sp³-hybridized carbons (Fsp3) is 0.0769. The van der Waals surface area contributed by atoms with E-state index in [9.17, 15) is 0 Å². The maximum Gasteiger partial charge on any atom is 0.0620 e.